The highest BCUT2D eigenvalue weighted by molar-refractivity contribution is 5.79. The number of halogens is 2. The summed E-state index contributed by atoms with van der Waals surface area (Å²) in [6, 6.07) is 13.7. The predicted molar refractivity (Wildman–Crippen MR) is 125 cm³/mol. The van der Waals surface area contributed by atoms with Crippen LogP contribution in [0.25, 0.3) is 22.4 Å². The smallest absolute Gasteiger partial charge is 0.395 e. The van der Waals surface area contributed by atoms with E-state index in [0.29, 0.717) is 28.7 Å². The van der Waals surface area contributed by atoms with Crippen LogP contribution in [-0.2, 0) is 6.54 Å². The van der Waals surface area contributed by atoms with Crippen molar-refractivity contribution in [1.29, 1.82) is 0 Å². The number of hydrogen-bond donors (Lipinski definition) is 2. The van der Waals surface area contributed by atoms with E-state index in [1.807, 2.05) is 18.2 Å². The van der Waals surface area contributed by atoms with Crippen LogP contribution in [0.5, 0.6) is 11.5 Å². The fourth-order valence-electron chi connectivity index (χ4n) is 3.56. The maximum atomic E-state index is 13.2. The fraction of sp³-hybridized carbons (Fsp3) is 0.0800. The molecule has 9 nitrogen and oxygen atoms in total. The Kier molecular flexibility index (Phi) is 5.11. The van der Waals surface area contributed by atoms with Crippen LogP contribution in [0.15, 0.2) is 67.1 Å². The minimum absolute atomic E-state index is 0.0100. The molecule has 0 spiro atoms. The Hall–Kier alpha value is -5.11. The summed E-state index contributed by atoms with van der Waals surface area (Å²) >= 11 is 0. The van der Waals surface area contributed by atoms with Crippen molar-refractivity contribution in [2.24, 2.45) is 0 Å². The van der Waals surface area contributed by atoms with Gasteiger partial charge in [0.15, 0.2) is 17.3 Å². The molecule has 4 heterocycles. The summed E-state index contributed by atoms with van der Waals surface area (Å²) in [6.45, 7) is 0.277. The van der Waals surface area contributed by atoms with Gasteiger partial charge in [0.05, 0.1) is 11.7 Å². The highest BCUT2D eigenvalue weighted by Gasteiger charge is 2.43. The van der Waals surface area contributed by atoms with Gasteiger partial charge < -0.3 is 14.8 Å². The molecule has 0 unspecified atom stereocenters. The number of nitrogens with one attached hydrogen (secondary N) is 2. The Balaban J connectivity index is 1.17. The van der Waals surface area contributed by atoms with Gasteiger partial charge in [-0.1, -0.05) is 12.0 Å². The van der Waals surface area contributed by atoms with Gasteiger partial charge in [-0.25, -0.2) is 19.9 Å². The zero-order valence-electron chi connectivity index (χ0n) is 18.4. The van der Waals surface area contributed by atoms with Gasteiger partial charge in [-0.05, 0) is 53.9 Å². The molecule has 0 saturated carbocycles. The molecule has 1 aliphatic heterocycles. The Morgan fingerprint density at radius 1 is 0.917 bits per heavy atom. The molecule has 0 saturated heterocycles. The SMILES string of the molecule is FC1(F)Oc2ccc(CNc3nccc(-c4nccc(C#Cc5ccc6[nH]ncc6c5)n4)n3)cc2O1. The van der Waals surface area contributed by atoms with E-state index in [9.17, 15) is 8.78 Å². The Labute approximate surface area is 202 Å². The largest absolute Gasteiger partial charge is 0.586 e. The van der Waals surface area contributed by atoms with Crippen molar-refractivity contribution < 1.29 is 18.3 Å². The molecule has 0 bridgehead atoms. The molecule has 36 heavy (non-hydrogen) atoms. The van der Waals surface area contributed by atoms with E-state index < -0.39 is 6.29 Å². The maximum Gasteiger partial charge on any atom is 0.586 e. The Morgan fingerprint density at radius 2 is 1.81 bits per heavy atom. The van der Waals surface area contributed by atoms with E-state index in [1.165, 1.54) is 12.1 Å². The number of hydrogen-bond acceptors (Lipinski definition) is 8. The number of benzene rings is 2. The van der Waals surface area contributed by atoms with Gasteiger partial charge in [-0.15, -0.1) is 8.78 Å². The first kappa shape index (κ1) is 21.4. The van der Waals surface area contributed by atoms with E-state index in [4.69, 9.17) is 0 Å². The first-order valence-corrected chi connectivity index (χ1v) is 10.8. The monoisotopic (exact) mass is 483 g/mol. The van der Waals surface area contributed by atoms with Crippen LogP contribution in [0.4, 0.5) is 14.7 Å². The highest BCUT2D eigenvalue weighted by Crippen LogP contribution is 2.41. The summed E-state index contributed by atoms with van der Waals surface area (Å²) in [4.78, 5) is 17.5. The zero-order chi connectivity index (χ0) is 24.5. The minimum atomic E-state index is -3.65. The van der Waals surface area contributed by atoms with E-state index >= 15 is 0 Å². The Bertz CT molecular complexity index is 1660. The van der Waals surface area contributed by atoms with E-state index in [0.717, 1.165) is 16.5 Å². The van der Waals surface area contributed by atoms with Crippen LogP contribution in [0.3, 0.4) is 0 Å². The summed E-state index contributed by atoms with van der Waals surface area (Å²) in [6.07, 6.45) is 1.28. The summed E-state index contributed by atoms with van der Waals surface area (Å²) in [7, 11) is 0. The van der Waals surface area contributed by atoms with E-state index in [2.05, 4.69) is 56.8 Å². The third-order valence-electron chi connectivity index (χ3n) is 5.23. The number of fused-ring (bicyclic) bond motifs is 2. The molecule has 0 radical (unpaired) electrons. The molecule has 0 aliphatic carbocycles. The lowest BCUT2D eigenvalue weighted by Gasteiger charge is -2.07. The average molecular weight is 483 g/mol. The standard InChI is InChI=1S/C25H15F2N7O2/c26-25(27)35-21-6-3-16(12-22(21)36-25)13-30-24-29-10-8-20(33-24)23-28-9-7-18(32-23)4-1-15-2-5-19-17(11-15)14-31-34-19/h2-3,5-12,14H,13H2,(H,31,34)(H,29,30,33). The van der Waals surface area contributed by atoms with Gasteiger partial charge in [0.2, 0.25) is 5.95 Å². The molecule has 6 rings (SSSR count). The van der Waals surface area contributed by atoms with Gasteiger partial charge >= 0.3 is 6.29 Å². The van der Waals surface area contributed by atoms with Crippen molar-refractivity contribution in [2.75, 3.05) is 5.32 Å². The minimum Gasteiger partial charge on any atom is -0.395 e. The number of alkyl halides is 2. The normalized spacial score (nSPS) is 13.3. The quantitative estimate of drug-likeness (QED) is 0.367. The highest BCUT2D eigenvalue weighted by atomic mass is 19.3. The van der Waals surface area contributed by atoms with Crippen LogP contribution < -0.4 is 14.8 Å². The first-order valence-electron chi connectivity index (χ1n) is 10.8. The van der Waals surface area contributed by atoms with Gasteiger partial charge in [0.25, 0.3) is 0 Å². The second-order valence-electron chi connectivity index (χ2n) is 7.76. The van der Waals surface area contributed by atoms with Crippen molar-refractivity contribution in [2.45, 2.75) is 12.8 Å². The molecular formula is C25H15F2N7O2. The van der Waals surface area contributed by atoms with Gasteiger partial charge in [-0.3, -0.25) is 5.10 Å². The number of aromatic nitrogens is 6. The molecule has 2 aromatic carbocycles. The van der Waals surface area contributed by atoms with Crippen LogP contribution in [0.2, 0.25) is 0 Å². The molecule has 0 atom stereocenters. The fourth-order valence-corrected chi connectivity index (χ4v) is 3.56. The number of rotatable bonds is 4. The van der Waals surface area contributed by atoms with Crippen molar-refractivity contribution in [3.63, 3.8) is 0 Å². The third kappa shape index (κ3) is 4.47. The molecule has 5 aromatic rings. The van der Waals surface area contributed by atoms with E-state index in [1.54, 1.807) is 36.8 Å². The van der Waals surface area contributed by atoms with Crippen LogP contribution in [0.1, 0.15) is 16.8 Å². The molecular weight excluding hydrogens is 468 g/mol. The number of ether oxygens (including phenoxy) is 2. The molecule has 0 fully saturated rings. The second-order valence-corrected chi connectivity index (χ2v) is 7.76. The molecule has 176 valence electrons. The summed E-state index contributed by atoms with van der Waals surface area (Å²) in [5.74, 6) is 6.83. The van der Waals surface area contributed by atoms with Crippen LogP contribution in [-0.4, -0.2) is 36.4 Å². The lowest BCUT2D eigenvalue weighted by atomic mass is 10.1. The lowest BCUT2D eigenvalue weighted by molar-refractivity contribution is -0.286. The zero-order valence-corrected chi connectivity index (χ0v) is 18.4. The summed E-state index contributed by atoms with van der Waals surface area (Å²) in [5.41, 5.74) is 3.51. The molecule has 11 heteroatoms. The van der Waals surface area contributed by atoms with E-state index in [-0.39, 0.29) is 18.0 Å². The van der Waals surface area contributed by atoms with Crippen molar-refractivity contribution in [1.82, 2.24) is 30.1 Å². The van der Waals surface area contributed by atoms with Crippen molar-refractivity contribution in [3.05, 3.63) is 83.9 Å². The predicted octanol–water partition coefficient (Wildman–Crippen LogP) is 4.14. The van der Waals surface area contributed by atoms with Gasteiger partial charge in [0.1, 0.15) is 11.4 Å². The Morgan fingerprint density at radius 3 is 2.75 bits per heavy atom. The summed E-state index contributed by atoms with van der Waals surface area (Å²) in [5, 5.41) is 11.0. The van der Waals surface area contributed by atoms with Crippen LogP contribution >= 0.6 is 0 Å². The second kappa shape index (κ2) is 8.59. The van der Waals surface area contributed by atoms with Crippen molar-refractivity contribution in [3.8, 4) is 34.9 Å². The maximum absolute atomic E-state index is 13.2. The number of H-pyrrole nitrogens is 1. The molecule has 1 aliphatic rings. The van der Waals surface area contributed by atoms with Gasteiger partial charge in [-0.2, -0.15) is 5.10 Å². The molecule has 3 aromatic heterocycles. The number of aromatic amines is 1. The molecule has 0 amide bonds. The van der Waals surface area contributed by atoms with Gasteiger partial charge in [0, 0.05) is 29.9 Å². The topological polar surface area (TPSA) is 111 Å². The number of nitrogens with zero attached hydrogens (tertiary/aromatic N) is 5. The number of anilines is 1. The average Bonchev–Trinajstić information content (AvgIpc) is 3.48. The summed E-state index contributed by atoms with van der Waals surface area (Å²) < 4.78 is 35.4. The van der Waals surface area contributed by atoms with Crippen LogP contribution in [0, 0.1) is 11.8 Å². The molecule has 2 N–H and O–H groups in total. The third-order valence-corrected chi connectivity index (χ3v) is 5.23. The lowest BCUT2D eigenvalue weighted by Crippen LogP contribution is -2.25. The van der Waals surface area contributed by atoms with Crippen molar-refractivity contribution >= 4 is 16.9 Å². The first-order chi connectivity index (χ1) is 17.5.